The monoisotopic (exact) mass is 173 g/mol. The van der Waals surface area contributed by atoms with E-state index in [0.717, 1.165) is 12.8 Å². The van der Waals surface area contributed by atoms with Gasteiger partial charge in [-0.2, -0.15) is 0 Å². The standard InChI is InChI=1S/C9H19NO2/c1-8(5-7-12-2)9(11)4-3-6-10/h8H,3-7,10H2,1-2H3. The van der Waals surface area contributed by atoms with Crippen LogP contribution in [0.5, 0.6) is 0 Å². The maximum Gasteiger partial charge on any atom is 0.135 e. The van der Waals surface area contributed by atoms with Crippen LogP contribution < -0.4 is 5.73 Å². The Morgan fingerprint density at radius 3 is 2.75 bits per heavy atom. The van der Waals surface area contributed by atoms with Gasteiger partial charge in [0.1, 0.15) is 5.78 Å². The van der Waals surface area contributed by atoms with Gasteiger partial charge in [0.15, 0.2) is 0 Å². The molecule has 0 saturated carbocycles. The average Bonchev–Trinajstić information content (AvgIpc) is 2.10. The van der Waals surface area contributed by atoms with E-state index in [4.69, 9.17) is 10.5 Å². The fraction of sp³-hybridized carbons (Fsp3) is 0.889. The van der Waals surface area contributed by atoms with Crippen LogP contribution in [0.3, 0.4) is 0 Å². The summed E-state index contributed by atoms with van der Waals surface area (Å²) >= 11 is 0. The minimum atomic E-state index is 0.122. The number of ketones is 1. The Labute approximate surface area is 74.3 Å². The molecule has 72 valence electrons. The van der Waals surface area contributed by atoms with Crippen LogP contribution in [-0.4, -0.2) is 26.0 Å². The third kappa shape index (κ3) is 5.27. The molecule has 2 N–H and O–H groups in total. The van der Waals surface area contributed by atoms with E-state index in [1.807, 2.05) is 6.92 Å². The van der Waals surface area contributed by atoms with E-state index >= 15 is 0 Å². The Hall–Kier alpha value is -0.410. The Bertz CT molecular complexity index is 126. The van der Waals surface area contributed by atoms with E-state index in [1.54, 1.807) is 7.11 Å². The van der Waals surface area contributed by atoms with Crippen molar-refractivity contribution < 1.29 is 9.53 Å². The molecule has 1 atom stereocenters. The molecular formula is C9H19NO2. The van der Waals surface area contributed by atoms with Crippen molar-refractivity contribution in [2.75, 3.05) is 20.3 Å². The van der Waals surface area contributed by atoms with Crippen LogP contribution in [0.25, 0.3) is 0 Å². The highest BCUT2D eigenvalue weighted by molar-refractivity contribution is 5.80. The van der Waals surface area contributed by atoms with Crippen LogP contribution in [0.15, 0.2) is 0 Å². The lowest BCUT2D eigenvalue weighted by Crippen LogP contribution is -2.14. The number of rotatable bonds is 7. The third-order valence-corrected chi connectivity index (χ3v) is 1.93. The van der Waals surface area contributed by atoms with Crippen molar-refractivity contribution in [1.29, 1.82) is 0 Å². The van der Waals surface area contributed by atoms with Crippen molar-refractivity contribution in [2.45, 2.75) is 26.2 Å². The Morgan fingerprint density at radius 2 is 2.25 bits per heavy atom. The topological polar surface area (TPSA) is 52.3 Å². The van der Waals surface area contributed by atoms with E-state index in [2.05, 4.69) is 0 Å². The van der Waals surface area contributed by atoms with Crippen LogP contribution in [0.1, 0.15) is 26.2 Å². The lowest BCUT2D eigenvalue weighted by Gasteiger charge is -2.08. The summed E-state index contributed by atoms with van der Waals surface area (Å²) < 4.78 is 4.89. The van der Waals surface area contributed by atoms with Crippen LogP contribution in [0, 0.1) is 5.92 Å². The number of Topliss-reactive ketones (excluding diaryl/α,β-unsaturated/α-hetero) is 1. The average molecular weight is 173 g/mol. The fourth-order valence-electron chi connectivity index (χ4n) is 0.978. The van der Waals surface area contributed by atoms with Crippen LogP contribution in [0.4, 0.5) is 0 Å². The zero-order valence-corrected chi connectivity index (χ0v) is 8.01. The van der Waals surface area contributed by atoms with Gasteiger partial charge in [0.25, 0.3) is 0 Å². The van der Waals surface area contributed by atoms with Gasteiger partial charge < -0.3 is 10.5 Å². The third-order valence-electron chi connectivity index (χ3n) is 1.93. The molecule has 0 aliphatic carbocycles. The van der Waals surface area contributed by atoms with Gasteiger partial charge in [0, 0.05) is 26.1 Å². The molecule has 0 amide bonds. The molecule has 0 aliphatic heterocycles. The van der Waals surface area contributed by atoms with Crippen molar-refractivity contribution in [3.63, 3.8) is 0 Å². The molecular weight excluding hydrogens is 154 g/mol. The van der Waals surface area contributed by atoms with E-state index in [1.165, 1.54) is 0 Å². The molecule has 0 bridgehead atoms. The predicted octanol–water partition coefficient (Wildman–Crippen LogP) is 0.967. The maximum absolute atomic E-state index is 11.3. The first-order valence-electron chi connectivity index (χ1n) is 4.44. The van der Waals surface area contributed by atoms with Gasteiger partial charge in [0.2, 0.25) is 0 Å². The van der Waals surface area contributed by atoms with Crippen molar-refractivity contribution >= 4 is 5.78 Å². The lowest BCUT2D eigenvalue weighted by atomic mass is 9.99. The van der Waals surface area contributed by atoms with Crippen molar-refractivity contribution in [3.05, 3.63) is 0 Å². The molecule has 0 fully saturated rings. The second-order valence-corrected chi connectivity index (χ2v) is 3.04. The Balaban J connectivity index is 3.47. The number of carbonyl (C=O) groups excluding carboxylic acids is 1. The summed E-state index contributed by atoms with van der Waals surface area (Å²) in [6.07, 6.45) is 2.23. The number of ether oxygens (including phenoxy) is 1. The largest absolute Gasteiger partial charge is 0.385 e. The van der Waals surface area contributed by atoms with Gasteiger partial charge in [0.05, 0.1) is 0 Å². The number of hydrogen-bond acceptors (Lipinski definition) is 3. The van der Waals surface area contributed by atoms with Crippen molar-refractivity contribution in [2.24, 2.45) is 11.7 Å². The summed E-state index contributed by atoms with van der Waals surface area (Å²) in [7, 11) is 1.65. The molecule has 0 spiro atoms. The van der Waals surface area contributed by atoms with Gasteiger partial charge in [-0.1, -0.05) is 6.92 Å². The molecule has 0 aromatic heterocycles. The minimum absolute atomic E-state index is 0.122. The summed E-state index contributed by atoms with van der Waals surface area (Å²) in [4.78, 5) is 11.3. The fourth-order valence-corrected chi connectivity index (χ4v) is 0.978. The second-order valence-electron chi connectivity index (χ2n) is 3.04. The van der Waals surface area contributed by atoms with Crippen LogP contribution >= 0.6 is 0 Å². The van der Waals surface area contributed by atoms with E-state index in [-0.39, 0.29) is 5.92 Å². The number of nitrogens with two attached hydrogens (primary N) is 1. The quantitative estimate of drug-likeness (QED) is 0.624. The number of carbonyl (C=O) groups is 1. The Kier molecular flexibility index (Phi) is 7.00. The summed E-state index contributed by atoms with van der Waals surface area (Å²) in [5, 5.41) is 0. The number of methoxy groups -OCH3 is 1. The predicted molar refractivity (Wildman–Crippen MR) is 49.0 cm³/mol. The highest BCUT2D eigenvalue weighted by Crippen LogP contribution is 2.07. The minimum Gasteiger partial charge on any atom is -0.385 e. The summed E-state index contributed by atoms with van der Waals surface area (Å²) in [5.41, 5.74) is 5.30. The molecule has 12 heavy (non-hydrogen) atoms. The zero-order chi connectivity index (χ0) is 9.40. The van der Waals surface area contributed by atoms with Crippen LogP contribution in [0.2, 0.25) is 0 Å². The van der Waals surface area contributed by atoms with E-state index < -0.39 is 0 Å². The van der Waals surface area contributed by atoms with Crippen molar-refractivity contribution in [1.82, 2.24) is 0 Å². The molecule has 1 unspecified atom stereocenters. The van der Waals surface area contributed by atoms with Gasteiger partial charge in [-0.15, -0.1) is 0 Å². The van der Waals surface area contributed by atoms with Crippen molar-refractivity contribution in [3.8, 4) is 0 Å². The highest BCUT2D eigenvalue weighted by Gasteiger charge is 2.10. The summed E-state index contributed by atoms with van der Waals surface area (Å²) in [6, 6.07) is 0. The molecule has 3 nitrogen and oxygen atoms in total. The molecule has 0 saturated heterocycles. The normalized spacial score (nSPS) is 12.9. The van der Waals surface area contributed by atoms with E-state index in [0.29, 0.717) is 25.4 Å². The zero-order valence-electron chi connectivity index (χ0n) is 8.01. The Morgan fingerprint density at radius 1 is 1.58 bits per heavy atom. The van der Waals surface area contributed by atoms with Gasteiger partial charge in [-0.05, 0) is 19.4 Å². The summed E-state index contributed by atoms with van der Waals surface area (Å²) in [5.74, 6) is 0.425. The molecule has 0 aromatic rings. The first-order valence-corrected chi connectivity index (χ1v) is 4.44. The smallest absolute Gasteiger partial charge is 0.135 e. The van der Waals surface area contributed by atoms with Crippen LogP contribution in [-0.2, 0) is 9.53 Å². The molecule has 0 aromatic carbocycles. The highest BCUT2D eigenvalue weighted by atomic mass is 16.5. The first-order chi connectivity index (χ1) is 5.72. The van der Waals surface area contributed by atoms with E-state index in [9.17, 15) is 4.79 Å². The second kappa shape index (κ2) is 7.25. The molecule has 0 radical (unpaired) electrons. The first kappa shape index (κ1) is 11.6. The molecule has 0 heterocycles. The number of hydrogen-bond donors (Lipinski definition) is 1. The molecule has 0 rings (SSSR count). The maximum atomic E-state index is 11.3. The molecule has 0 aliphatic rings. The SMILES string of the molecule is COCCC(C)C(=O)CCCN. The molecule has 3 heteroatoms. The summed E-state index contributed by atoms with van der Waals surface area (Å²) in [6.45, 7) is 3.20. The van der Waals surface area contributed by atoms with Gasteiger partial charge >= 0.3 is 0 Å². The van der Waals surface area contributed by atoms with Gasteiger partial charge in [-0.25, -0.2) is 0 Å². The lowest BCUT2D eigenvalue weighted by molar-refractivity contribution is -0.122. The van der Waals surface area contributed by atoms with Gasteiger partial charge in [-0.3, -0.25) is 4.79 Å².